The number of carbonyl (C=O) groups is 1. The van der Waals surface area contributed by atoms with Crippen molar-refractivity contribution in [2.75, 3.05) is 44.7 Å². The standard InChI is InChI=1S/C28H39FN4O3S/c1-17(26(35)30-10-11-33-12-14-36-15-13-33)21-8-9-28(3)16-22-24(18(2)23(28)25(21)34)32-27(37-22)31-20-6-4-19(29)5-7-20/h4-7,17-18,21,23,25,34H,8-16H2,1-3H3,(H,30,35)(H,31,32)/p+1/t17-,18-,21-,23+,25-,28-/m0/s1. The topological polar surface area (TPSA) is 87.9 Å². The number of carbonyl (C=O) groups excluding carboxylic acids is 1. The molecule has 1 amide bonds. The van der Waals surface area contributed by atoms with Gasteiger partial charge in [-0.3, -0.25) is 4.79 Å². The molecule has 0 spiro atoms. The lowest BCUT2D eigenvalue weighted by Gasteiger charge is -2.53. The number of anilines is 2. The van der Waals surface area contributed by atoms with Crippen LogP contribution in [0, 0.1) is 29.0 Å². The van der Waals surface area contributed by atoms with Gasteiger partial charge in [-0.2, -0.15) is 0 Å². The van der Waals surface area contributed by atoms with Crippen LogP contribution >= 0.6 is 11.3 Å². The molecule has 7 nitrogen and oxygen atoms in total. The molecule has 0 radical (unpaired) electrons. The second-order valence-electron chi connectivity index (χ2n) is 11.5. The first kappa shape index (κ1) is 26.5. The first-order valence-electron chi connectivity index (χ1n) is 13.6. The number of ether oxygens (including phenoxy) is 1. The number of benzene rings is 1. The van der Waals surface area contributed by atoms with Gasteiger partial charge in [-0.05, 0) is 60.8 Å². The molecule has 0 bridgehead atoms. The van der Waals surface area contributed by atoms with Crippen molar-refractivity contribution in [3.8, 4) is 0 Å². The number of fused-ring (bicyclic) bond motifs is 2. The van der Waals surface area contributed by atoms with E-state index in [4.69, 9.17) is 9.72 Å². The summed E-state index contributed by atoms with van der Waals surface area (Å²) in [7, 11) is 0. The van der Waals surface area contributed by atoms with Crippen LogP contribution in [0.2, 0.25) is 0 Å². The molecule has 3 aliphatic rings. The first-order valence-corrected chi connectivity index (χ1v) is 14.5. The SMILES string of the molecule is C[C@H](C(=O)NCC[NH+]1CCOCC1)[C@@H]1CC[C@@]2(C)Cc3sc(Nc4ccc(F)cc4)nc3[C@@H](C)[C@@H]2[C@H]1O. The van der Waals surface area contributed by atoms with E-state index in [-0.39, 0.29) is 40.8 Å². The summed E-state index contributed by atoms with van der Waals surface area (Å²) in [5.74, 6) is -0.380. The van der Waals surface area contributed by atoms with Gasteiger partial charge >= 0.3 is 0 Å². The van der Waals surface area contributed by atoms with Gasteiger partial charge in [-0.15, -0.1) is 11.3 Å². The Balaban J connectivity index is 1.24. The zero-order valence-electron chi connectivity index (χ0n) is 22.1. The summed E-state index contributed by atoms with van der Waals surface area (Å²) in [6.07, 6.45) is 2.16. The fourth-order valence-corrected chi connectivity index (χ4v) is 8.17. The molecule has 5 rings (SSSR count). The lowest BCUT2D eigenvalue weighted by molar-refractivity contribution is -0.906. The van der Waals surface area contributed by atoms with Crippen LogP contribution < -0.4 is 15.5 Å². The van der Waals surface area contributed by atoms with Gasteiger partial charge in [0.15, 0.2) is 5.13 Å². The van der Waals surface area contributed by atoms with Crippen LogP contribution in [0.4, 0.5) is 15.2 Å². The van der Waals surface area contributed by atoms with Crippen LogP contribution in [0.5, 0.6) is 0 Å². The Morgan fingerprint density at radius 2 is 2.05 bits per heavy atom. The number of rotatable bonds is 7. The van der Waals surface area contributed by atoms with Crippen LogP contribution in [0.3, 0.4) is 0 Å². The smallest absolute Gasteiger partial charge is 0.223 e. The molecule has 4 N–H and O–H groups in total. The molecule has 202 valence electrons. The van der Waals surface area contributed by atoms with Gasteiger partial charge in [0.2, 0.25) is 5.91 Å². The van der Waals surface area contributed by atoms with Gasteiger partial charge in [0.1, 0.15) is 18.9 Å². The van der Waals surface area contributed by atoms with E-state index in [1.807, 2.05) is 6.92 Å². The molecule has 2 fully saturated rings. The van der Waals surface area contributed by atoms with Crippen molar-refractivity contribution in [1.82, 2.24) is 10.3 Å². The molecule has 37 heavy (non-hydrogen) atoms. The second-order valence-corrected chi connectivity index (χ2v) is 12.6. The van der Waals surface area contributed by atoms with Crippen molar-refractivity contribution in [1.29, 1.82) is 0 Å². The molecule has 1 aromatic carbocycles. The Kier molecular flexibility index (Phi) is 7.86. The number of aliphatic hydroxyl groups is 1. The summed E-state index contributed by atoms with van der Waals surface area (Å²) < 4.78 is 18.7. The monoisotopic (exact) mass is 531 g/mol. The van der Waals surface area contributed by atoms with E-state index in [1.165, 1.54) is 21.9 Å². The Morgan fingerprint density at radius 3 is 2.78 bits per heavy atom. The lowest BCUT2D eigenvalue weighted by atomic mass is 9.53. The Labute approximate surface area is 222 Å². The van der Waals surface area contributed by atoms with Crippen LogP contribution in [0.15, 0.2) is 24.3 Å². The summed E-state index contributed by atoms with van der Waals surface area (Å²) in [6.45, 7) is 11.6. The highest BCUT2D eigenvalue weighted by molar-refractivity contribution is 7.15. The molecule has 1 saturated carbocycles. The maximum atomic E-state index is 13.3. The number of nitrogens with zero attached hydrogens (tertiary/aromatic N) is 1. The highest BCUT2D eigenvalue weighted by atomic mass is 32.1. The molecule has 2 heterocycles. The quantitative estimate of drug-likeness (QED) is 0.442. The molecule has 0 unspecified atom stereocenters. The van der Waals surface area contributed by atoms with E-state index >= 15 is 0 Å². The van der Waals surface area contributed by atoms with E-state index < -0.39 is 6.10 Å². The first-order chi connectivity index (χ1) is 17.7. The van der Waals surface area contributed by atoms with Crippen molar-refractivity contribution < 1.29 is 23.9 Å². The van der Waals surface area contributed by atoms with E-state index in [1.54, 1.807) is 23.5 Å². The van der Waals surface area contributed by atoms with Crippen molar-refractivity contribution in [3.63, 3.8) is 0 Å². The van der Waals surface area contributed by atoms with Crippen molar-refractivity contribution in [2.24, 2.45) is 23.2 Å². The number of aromatic nitrogens is 1. The maximum absolute atomic E-state index is 13.3. The van der Waals surface area contributed by atoms with Gasteiger partial charge in [0.05, 0.1) is 38.1 Å². The van der Waals surface area contributed by atoms with Crippen molar-refractivity contribution in [2.45, 2.75) is 52.1 Å². The Hall–Kier alpha value is -2.07. The number of nitrogens with one attached hydrogen (secondary N) is 3. The van der Waals surface area contributed by atoms with E-state index in [9.17, 15) is 14.3 Å². The van der Waals surface area contributed by atoms with E-state index in [0.29, 0.717) is 6.54 Å². The van der Waals surface area contributed by atoms with Crippen LogP contribution in [0.1, 0.15) is 50.1 Å². The molecule has 9 heteroatoms. The van der Waals surface area contributed by atoms with Gasteiger partial charge in [-0.1, -0.05) is 20.8 Å². The van der Waals surface area contributed by atoms with Gasteiger partial charge in [0, 0.05) is 22.4 Å². The summed E-state index contributed by atoms with van der Waals surface area (Å²) in [6, 6.07) is 6.30. The van der Waals surface area contributed by atoms with Crippen molar-refractivity contribution in [3.05, 3.63) is 40.7 Å². The fourth-order valence-electron chi connectivity index (χ4n) is 6.88. The van der Waals surface area contributed by atoms with E-state index in [2.05, 4.69) is 24.5 Å². The third-order valence-electron chi connectivity index (χ3n) is 9.05. The molecular formula is C28H40FN4O3S+. The minimum Gasteiger partial charge on any atom is -0.392 e. The fraction of sp³-hybridized carbons (Fsp3) is 0.643. The summed E-state index contributed by atoms with van der Waals surface area (Å²) in [4.78, 5) is 20.7. The van der Waals surface area contributed by atoms with Crippen molar-refractivity contribution >= 4 is 28.1 Å². The van der Waals surface area contributed by atoms with Crippen LogP contribution in [0.25, 0.3) is 0 Å². The largest absolute Gasteiger partial charge is 0.392 e. The molecule has 2 aliphatic carbocycles. The number of morpholine rings is 1. The van der Waals surface area contributed by atoms with Gasteiger partial charge < -0.3 is 25.4 Å². The van der Waals surface area contributed by atoms with Crippen LogP contribution in [-0.4, -0.2) is 61.5 Å². The van der Waals surface area contributed by atoms with Crippen LogP contribution in [-0.2, 0) is 16.0 Å². The zero-order valence-corrected chi connectivity index (χ0v) is 22.9. The number of amides is 1. The highest BCUT2D eigenvalue weighted by Gasteiger charge is 2.53. The molecule has 6 atom stereocenters. The summed E-state index contributed by atoms with van der Waals surface area (Å²) in [5, 5.41) is 18.9. The molecule has 1 aliphatic heterocycles. The zero-order chi connectivity index (χ0) is 26.2. The third-order valence-corrected chi connectivity index (χ3v) is 10.0. The van der Waals surface area contributed by atoms with Gasteiger partial charge in [-0.25, -0.2) is 9.37 Å². The highest BCUT2D eigenvalue weighted by Crippen LogP contribution is 2.57. The predicted octanol–water partition coefficient (Wildman–Crippen LogP) is 2.75. The van der Waals surface area contributed by atoms with E-state index in [0.717, 1.165) is 68.6 Å². The van der Waals surface area contributed by atoms with Gasteiger partial charge in [0.25, 0.3) is 0 Å². The summed E-state index contributed by atoms with van der Waals surface area (Å²) >= 11 is 1.65. The number of halogens is 1. The minimum absolute atomic E-state index is 0.0299. The number of thiazole rings is 1. The number of quaternary nitrogens is 1. The third kappa shape index (κ3) is 5.55. The average Bonchev–Trinajstić information content (AvgIpc) is 3.27. The molecule has 1 aromatic heterocycles. The Morgan fingerprint density at radius 1 is 1.32 bits per heavy atom. The lowest BCUT2D eigenvalue weighted by Crippen LogP contribution is -3.14. The maximum Gasteiger partial charge on any atom is 0.223 e. The Bertz CT molecular complexity index is 1090. The number of hydrogen-bond donors (Lipinski definition) is 4. The molecule has 2 aromatic rings. The molecule has 1 saturated heterocycles. The summed E-state index contributed by atoms with van der Waals surface area (Å²) in [5.41, 5.74) is 1.82. The predicted molar refractivity (Wildman–Crippen MR) is 143 cm³/mol. The normalized spacial score (nSPS) is 30.7. The number of hydrogen-bond acceptors (Lipinski definition) is 6. The number of aliphatic hydroxyl groups excluding tert-OH is 1. The molecular weight excluding hydrogens is 491 g/mol. The minimum atomic E-state index is -0.553. The second kappa shape index (κ2) is 11.0. The average molecular weight is 532 g/mol.